The van der Waals surface area contributed by atoms with E-state index in [0.717, 1.165) is 8.61 Å². The molecule has 0 unspecified atom stereocenters. The lowest BCUT2D eigenvalue weighted by Gasteiger charge is -2.39. The van der Waals surface area contributed by atoms with E-state index in [-0.39, 0.29) is 36.0 Å². The lowest BCUT2D eigenvalue weighted by Crippen LogP contribution is -2.61. The van der Waals surface area contributed by atoms with Gasteiger partial charge in [-0.25, -0.2) is 16.8 Å². The Balaban J connectivity index is 1.64. The van der Waals surface area contributed by atoms with Crippen LogP contribution in [0.5, 0.6) is 0 Å². The molecule has 3 aromatic rings. The number of sulfonamides is 2. The van der Waals surface area contributed by atoms with Crippen molar-refractivity contribution in [3.05, 3.63) is 95.5 Å². The van der Waals surface area contributed by atoms with Crippen LogP contribution in [0, 0.1) is 0 Å². The Labute approximate surface area is 210 Å². The van der Waals surface area contributed by atoms with Gasteiger partial charge in [0.2, 0.25) is 26.0 Å². The Bertz CT molecular complexity index is 1400. The summed E-state index contributed by atoms with van der Waals surface area (Å²) in [5.41, 5.74) is 0.657. The first kappa shape index (κ1) is 25.3. The highest BCUT2D eigenvalue weighted by molar-refractivity contribution is 7.89. The van der Waals surface area contributed by atoms with E-state index in [1.54, 1.807) is 60.7 Å². The van der Waals surface area contributed by atoms with Gasteiger partial charge < -0.3 is 5.32 Å². The van der Waals surface area contributed by atoms with Crippen molar-refractivity contribution in [1.82, 2.24) is 13.9 Å². The molecule has 1 heterocycles. The molecular formula is C24H24ClN3O5S2. The molecular weight excluding hydrogens is 510 g/mol. The molecule has 3 aromatic carbocycles. The van der Waals surface area contributed by atoms with E-state index in [9.17, 15) is 21.6 Å². The van der Waals surface area contributed by atoms with Gasteiger partial charge in [0.15, 0.2) is 0 Å². The summed E-state index contributed by atoms with van der Waals surface area (Å²) >= 11 is 6.18. The normalized spacial score (nSPS) is 17.7. The number of hydrogen-bond acceptors (Lipinski definition) is 5. The molecule has 184 valence electrons. The average Bonchev–Trinajstić information content (AvgIpc) is 2.88. The van der Waals surface area contributed by atoms with Crippen molar-refractivity contribution in [2.45, 2.75) is 22.4 Å². The van der Waals surface area contributed by atoms with Crippen LogP contribution in [-0.4, -0.2) is 57.0 Å². The Morgan fingerprint density at radius 2 is 1.34 bits per heavy atom. The fraction of sp³-hybridized carbons (Fsp3) is 0.208. The molecule has 0 aliphatic carbocycles. The second-order valence-electron chi connectivity index (χ2n) is 7.93. The molecule has 1 N–H and O–H groups in total. The zero-order valence-corrected chi connectivity index (χ0v) is 21.0. The van der Waals surface area contributed by atoms with Crippen molar-refractivity contribution in [3.63, 3.8) is 0 Å². The van der Waals surface area contributed by atoms with Crippen LogP contribution in [-0.2, 0) is 31.4 Å². The number of halogens is 1. The first-order chi connectivity index (χ1) is 16.7. The first-order valence-electron chi connectivity index (χ1n) is 10.8. The fourth-order valence-electron chi connectivity index (χ4n) is 3.87. The maximum atomic E-state index is 13.4. The van der Waals surface area contributed by atoms with Crippen LogP contribution >= 0.6 is 11.6 Å². The maximum absolute atomic E-state index is 13.4. The van der Waals surface area contributed by atoms with Crippen LogP contribution in [0.3, 0.4) is 0 Å². The average molecular weight is 534 g/mol. The van der Waals surface area contributed by atoms with Crippen LogP contribution in [0.15, 0.2) is 94.7 Å². The zero-order chi connectivity index (χ0) is 25.1. The topological polar surface area (TPSA) is 104 Å². The third-order valence-electron chi connectivity index (χ3n) is 5.74. The summed E-state index contributed by atoms with van der Waals surface area (Å²) < 4.78 is 55.5. The molecule has 35 heavy (non-hydrogen) atoms. The molecule has 1 aliphatic heterocycles. The third-order valence-corrected chi connectivity index (χ3v) is 9.91. The van der Waals surface area contributed by atoms with Crippen molar-refractivity contribution >= 4 is 37.6 Å². The summed E-state index contributed by atoms with van der Waals surface area (Å²) in [6.45, 7) is -0.512. The Morgan fingerprint density at radius 3 is 1.94 bits per heavy atom. The van der Waals surface area contributed by atoms with Gasteiger partial charge in [0, 0.05) is 31.2 Å². The smallest absolute Gasteiger partial charge is 0.243 e. The van der Waals surface area contributed by atoms with Crippen LogP contribution in [0.25, 0.3) is 0 Å². The standard InChI is InChI=1S/C24H24ClN3O5S2/c25-22-14-8-7-9-19(22)17-26-24(29)23-18-27(34(30,31)20-10-3-1-4-11-20)15-16-28(23)35(32,33)21-12-5-2-6-13-21/h1-14,23H,15-18H2,(H,26,29)/t23-/m0/s1. The lowest BCUT2D eigenvalue weighted by molar-refractivity contribution is -0.126. The van der Waals surface area contributed by atoms with Gasteiger partial charge in [-0.15, -0.1) is 0 Å². The van der Waals surface area contributed by atoms with Crippen molar-refractivity contribution in [2.24, 2.45) is 0 Å². The minimum atomic E-state index is -4.06. The van der Waals surface area contributed by atoms with E-state index >= 15 is 0 Å². The monoisotopic (exact) mass is 533 g/mol. The van der Waals surface area contributed by atoms with E-state index in [4.69, 9.17) is 11.6 Å². The van der Waals surface area contributed by atoms with Gasteiger partial charge in [0.25, 0.3) is 0 Å². The second kappa shape index (κ2) is 10.5. The highest BCUT2D eigenvalue weighted by atomic mass is 35.5. The number of carbonyl (C=O) groups excluding carboxylic acids is 1. The number of carbonyl (C=O) groups is 1. The van der Waals surface area contributed by atoms with Crippen LogP contribution < -0.4 is 5.32 Å². The number of nitrogens with zero attached hydrogens (tertiary/aromatic N) is 2. The zero-order valence-electron chi connectivity index (χ0n) is 18.6. The van der Waals surface area contributed by atoms with Crippen molar-refractivity contribution < 1.29 is 21.6 Å². The number of rotatable bonds is 7. The predicted molar refractivity (Wildman–Crippen MR) is 133 cm³/mol. The van der Waals surface area contributed by atoms with E-state index in [2.05, 4.69) is 5.32 Å². The highest BCUT2D eigenvalue weighted by Gasteiger charge is 2.43. The van der Waals surface area contributed by atoms with E-state index in [1.807, 2.05) is 0 Å². The fourth-order valence-corrected chi connectivity index (χ4v) is 7.12. The SMILES string of the molecule is O=C(NCc1ccccc1Cl)[C@@H]1CN(S(=O)(=O)c2ccccc2)CCN1S(=O)(=O)c1ccccc1. The van der Waals surface area contributed by atoms with Gasteiger partial charge >= 0.3 is 0 Å². The summed E-state index contributed by atoms with van der Waals surface area (Å²) in [7, 11) is -7.98. The number of nitrogens with one attached hydrogen (secondary N) is 1. The third kappa shape index (κ3) is 5.41. The Hall–Kier alpha value is -2.76. The molecule has 0 aromatic heterocycles. The number of benzene rings is 3. The molecule has 1 atom stereocenters. The summed E-state index contributed by atoms with van der Waals surface area (Å²) in [5.74, 6) is -0.614. The summed E-state index contributed by atoms with van der Waals surface area (Å²) in [6.07, 6.45) is 0. The van der Waals surface area contributed by atoms with Crippen LogP contribution in [0.1, 0.15) is 5.56 Å². The van der Waals surface area contributed by atoms with Crippen molar-refractivity contribution in [2.75, 3.05) is 19.6 Å². The molecule has 1 aliphatic rings. The van der Waals surface area contributed by atoms with Crippen molar-refractivity contribution in [1.29, 1.82) is 0 Å². The quantitative estimate of drug-likeness (QED) is 0.503. The van der Waals surface area contributed by atoms with Crippen LogP contribution in [0.2, 0.25) is 5.02 Å². The van der Waals surface area contributed by atoms with Gasteiger partial charge in [-0.3, -0.25) is 4.79 Å². The second-order valence-corrected chi connectivity index (χ2v) is 12.2. The van der Waals surface area contributed by atoms with Gasteiger partial charge in [-0.2, -0.15) is 8.61 Å². The van der Waals surface area contributed by atoms with Crippen molar-refractivity contribution in [3.8, 4) is 0 Å². The molecule has 8 nitrogen and oxygen atoms in total. The Morgan fingerprint density at radius 1 is 0.800 bits per heavy atom. The van der Waals surface area contributed by atoms with E-state index in [1.165, 1.54) is 24.3 Å². The summed E-state index contributed by atoms with van der Waals surface area (Å²) in [5, 5.41) is 3.18. The van der Waals surface area contributed by atoms with Gasteiger partial charge in [0.1, 0.15) is 6.04 Å². The minimum absolute atomic E-state index is 0.0308. The van der Waals surface area contributed by atoms with E-state index < -0.39 is 32.0 Å². The van der Waals surface area contributed by atoms with E-state index in [0.29, 0.717) is 10.6 Å². The maximum Gasteiger partial charge on any atom is 0.243 e. The molecule has 0 radical (unpaired) electrons. The molecule has 4 rings (SSSR count). The lowest BCUT2D eigenvalue weighted by atomic mass is 10.2. The van der Waals surface area contributed by atoms with Gasteiger partial charge in [0.05, 0.1) is 9.79 Å². The minimum Gasteiger partial charge on any atom is -0.351 e. The largest absolute Gasteiger partial charge is 0.351 e. The number of hydrogen-bond donors (Lipinski definition) is 1. The molecule has 1 amide bonds. The summed E-state index contributed by atoms with van der Waals surface area (Å²) in [6, 6.07) is 21.3. The highest BCUT2D eigenvalue weighted by Crippen LogP contribution is 2.25. The molecule has 11 heteroatoms. The number of piperazine rings is 1. The Kier molecular flexibility index (Phi) is 7.58. The summed E-state index contributed by atoms with van der Waals surface area (Å²) in [4.78, 5) is 13.4. The predicted octanol–water partition coefficient (Wildman–Crippen LogP) is 2.72. The van der Waals surface area contributed by atoms with Crippen LogP contribution in [0.4, 0.5) is 0 Å². The van der Waals surface area contributed by atoms with Gasteiger partial charge in [-0.05, 0) is 35.9 Å². The molecule has 1 saturated heterocycles. The van der Waals surface area contributed by atoms with Gasteiger partial charge in [-0.1, -0.05) is 66.2 Å². The molecule has 1 fully saturated rings. The first-order valence-corrected chi connectivity index (χ1v) is 14.1. The molecule has 0 spiro atoms. The number of amides is 1. The molecule has 0 bridgehead atoms. The molecule has 0 saturated carbocycles.